The van der Waals surface area contributed by atoms with E-state index in [0.717, 1.165) is 24.6 Å². The van der Waals surface area contributed by atoms with E-state index in [4.69, 9.17) is 4.74 Å². The molecule has 1 saturated heterocycles. The molecule has 0 radical (unpaired) electrons. The Morgan fingerprint density at radius 3 is 3.06 bits per heavy atom. The first-order valence-corrected chi connectivity index (χ1v) is 5.88. The first-order chi connectivity index (χ1) is 8.88. The van der Waals surface area contributed by atoms with Crippen molar-refractivity contribution in [3.8, 4) is 11.5 Å². The van der Waals surface area contributed by atoms with Gasteiger partial charge in [0.25, 0.3) is 0 Å². The van der Waals surface area contributed by atoms with Gasteiger partial charge >= 0.3 is 0 Å². The highest BCUT2D eigenvalue weighted by Gasteiger charge is 2.21. The maximum Gasteiger partial charge on any atom is 0.186 e. The van der Waals surface area contributed by atoms with Crippen molar-refractivity contribution in [3.05, 3.63) is 12.5 Å². The topological polar surface area (TPSA) is 82.7 Å². The monoisotopic (exact) mass is 249 g/mol. The number of rotatable bonds is 5. The smallest absolute Gasteiger partial charge is 0.186 e. The molecule has 2 aromatic heterocycles. The van der Waals surface area contributed by atoms with Crippen LogP contribution in [0.15, 0.2) is 12.5 Å². The normalized spacial score (nSPS) is 15.8. The van der Waals surface area contributed by atoms with Crippen LogP contribution in [-0.2, 0) is 11.3 Å². The van der Waals surface area contributed by atoms with Crippen LogP contribution in [-0.4, -0.2) is 56.6 Å². The lowest BCUT2D eigenvalue weighted by molar-refractivity contribution is 0.187. The van der Waals surface area contributed by atoms with E-state index >= 15 is 0 Å². The largest absolute Gasteiger partial charge is 0.383 e. The van der Waals surface area contributed by atoms with Crippen LogP contribution < -0.4 is 5.32 Å². The Morgan fingerprint density at radius 1 is 1.44 bits per heavy atom. The third-order valence-electron chi connectivity index (χ3n) is 3.03. The second-order valence-corrected chi connectivity index (χ2v) is 4.24. The highest BCUT2D eigenvalue weighted by atomic mass is 16.5. The number of ether oxygens (including phenoxy) is 1. The molecule has 0 saturated carbocycles. The van der Waals surface area contributed by atoms with Gasteiger partial charge in [0, 0.05) is 26.7 Å². The van der Waals surface area contributed by atoms with Crippen LogP contribution in [0.5, 0.6) is 0 Å². The molecule has 1 aliphatic rings. The van der Waals surface area contributed by atoms with Crippen LogP contribution in [0.1, 0.15) is 6.04 Å². The molecule has 0 atom stereocenters. The molecule has 0 amide bonds. The summed E-state index contributed by atoms with van der Waals surface area (Å²) in [6.07, 6.45) is 3.59. The summed E-state index contributed by atoms with van der Waals surface area (Å²) >= 11 is 0. The highest BCUT2D eigenvalue weighted by Crippen LogP contribution is 2.16. The lowest BCUT2D eigenvalue weighted by Gasteiger charge is -2.26. The summed E-state index contributed by atoms with van der Waals surface area (Å²) in [4.78, 5) is 0. The van der Waals surface area contributed by atoms with Gasteiger partial charge in [0.15, 0.2) is 11.5 Å². The first kappa shape index (κ1) is 11.3. The molecule has 0 bridgehead atoms. The van der Waals surface area contributed by atoms with Crippen LogP contribution in [0.3, 0.4) is 0 Å². The van der Waals surface area contributed by atoms with Crippen molar-refractivity contribution in [3.63, 3.8) is 0 Å². The van der Waals surface area contributed by atoms with Crippen molar-refractivity contribution in [2.24, 2.45) is 0 Å². The van der Waals surface area contributed by atoms with Crippen molar-refractivity contribution >= 4 is 0 Å². The quantitative estimate of drug-likeness (QED) is 0.756. The summed E-state index contributed by atoms with van der Waals surface area (Å²) in [5.74, 6) is 0.727. The molecule has 0 aromatic carbocycles. The second kappa shape index (κ2) is 4.83. The Hall–Kier alpha value is -1.80. The molecule has 0 unspecified atom stereocenters. The Kier molecular flexibility index (Phi) is 3.03. The van der Waals surface area contributed by atoms with Crippen molar-refractivity contribution in [2.45, 2.75) is 12.6 Å². The van der Waals surface area contributed by atoms with Crippen molar-refractivity contribution < 1.29 is 4.74 Å². The van der Waals surface area contributed by atoms with E-state index in [-0.39, 0.29) is 0 Å². The summed E-state index contributed by atoms with van der Waals surface area (Å²) in [5.41, 5.74) is 0.746. The fourth-order valence-electron chi connectivity index (χ4n) is 1.82. The predicted molar refractivity (Wildman–Crippen MR) is 62.8 cm³/mol. The molecule has 1 N–H and O–H groups in total. The van der Waals surface area contributed by atoms with E-state index in [1.807, 2.05) is 15.4 Å². The van der Waals surface area contributed by atoms with Gasteiger partial charge in [0.2, 0.25) is 0 Å². The molecule has 1 fully saturated rings. The zero-order valence-electron chi connectivity index (χ0n) is 10.2. The Bertz CT molecular complexity index is 516. The highest BCUT2D eigenvalue weighted by molar-refractivity contribution is 5.46. The van der Waals surface area contributed by atoms with E-state index in [9.17, 15) is 0 Å². The Balaban J connectivity index is 1.80. The molecule has 8 heteroatoms. The number of nitrogens with one attached hydrogen (secondary N) is 1. The zero-order valence-corrected chi connectivity index (χ0v) is 10.2. The maximum atomic E-state index is 5.05. The molecule has 1 aliphatic heterocycles. The molecule has 0 spiro atoms. The van der Waals surface area contributed by atoms with Gasteiger partial charge < -0.3 is 14.6 Å². The molecule has 2 aromatic rings. The van der Waals surface area contributed by atoms with Crippen molar-refractivity contribution in [1.82, 2.24) is 35.1 Å². The minimum Gasteiger partial charge on any atom is -0.383 e. The third-order valence-corrected chi connectivity index (χ3v) is 3.03. The Labute approximate surface area is 104 Å². The predicted octanol–water partition coefficient (Wildman–Crippen LogP) is -0.673. The van der Waals surface area contributed by atoms with E-state index in [1.54, 1.807) is 13.4 Å². The van der Waals surface area contributed by atoms with Crippen LogP contribution >= 0.6 is 0 Å². The van der Waals surface area contributed by atoms with E-state index in [0.29, 0.717) is 19.2 Å². The average Bonchev–Trinajstić information content (AvgIpc) is 2.91. The van der Waals surface area contributed by atoms with Crippen molar-refractivity contribution in [1.29, 1.82) is 0 Å². The van der Waals surface area contributed by atoms with Gasteiger partial charge in [-0.25, -0.2) is 4.68 Å². The molecule has 0 aliphatic carbocycles. The van der Waals surface area contributed by atoms with Crippen LogP contribution in [0, 0.1) is 0 Å². The number of hydrogen-bond donors (Lipinski definition) is 1. The second-order valence-electron chi connectivity index (χ2n) is 4.24. The van der Waals surface area contributed by atoms with E-state index < -0.39 is 0 Å². The average molecular weight is 249 g/mol. The number of methoxy groups -OCH3 is 1. The molecule has 18 heavy (non-hydrogen) atoms. The standard InChI is InChI=1S/C10H15N7O/c1-18-3-2-16-7-12-14-10(16)9-6-17(15-13-9)8-4-11-5-8/h6-8,11H,2-5H2,1H3. The van der Waals surface area contributed by atoms with Gasteiger partial charge in [0.05, 0.1) is 18.8 Å². The SMILES string of the molecule is COCCn1cnnc1-c1cn(C2CNC2)nn1. The molecular weight excluding hydrogens is 234 g/mol. The van der Waals surface area contributed by atoms with Crippen LogP contribution in [0.4, 0.5) is 0 Å². The molecule has 3 heterocycles. The summed E-state index contributed by atoms with van der Waals surface area (Å²) in [6, 6.07) is 0.404. The minimum absolute atomic E-state index is 0.404. The van der Waals surface area contributed by atoms with Gasteiger partial charge in [0.1, 0.15) is 6.33 Å². The lowest BCUT2D eigenvalue weighted by atomic mass is 10.2. The van der Waals surface area contributed by atoms with Gasteiger partial charge in [-0.3, -0.25) is 0 Å². The first-order valence-electron chi connectivity index (χ1n) is 5.88. The molecule has 96 valence electrons. The van der Waals surface area contributed by atoms with Crippen LogP contribution in [0.25, 0.3) is 11.5 Å². The van der Waals surface area contributed by atoms with Gasteiger partial charge in [-0.05, 0) is 0 Å². The third kappa shape index (κ3) is 2.00. The zero-order chi connectivity index (χ0) is 12.4. The van der Waals surface area contributed by atoms with Gasteiger partial charge in [-0.2, -0.15) is 0 Å². The minimum atomic E-state index is 0.404. The maximum absolute atomic E-state index is 5.05. The molecule has 3 rings (SSSR count). The van der Waals surface area contributed by atoms with Gasteiger partial charge in [-0.1, -0.05) is 5.21 Å². The summed E-state index contributed by atoms with van der Waals surface area (Å²) < 4.78 is 8.84. The fourth-order valence-corrected chi connectivity index (χ4v) is 1.82. The van der Waals surface area contributed by atoms with E-state index in [2.05, 4.69) is 25.8 Å². The number of nitrogens with zero attached hydrogens (tertiary/aromatic N) is 6. The fraction of sp³-hybridized carbons (Fsp3) is 0.600. The van der Waals surface area contributed by atoms with E-state index in [1.165, 1.54) is 0 Å². The van der Waals surface area contributed by atoms with Gasteiger partial charge in [-0.15, -0.1) is 15.3 Å². The van der Waals surface area contributed by atoms with Crippen molar-refractivity contribution in [2.75, 3.05) is 26.8 Å². The lowest BCUT2D eigenvalue weighted by Crippen LogP contribution is -2.43. The summed E-state index contributed by atoms with van der Waals surface area (Å²) in [5, 5.41) is 19.5. The summed E-state index contributed by atoms with van der Waals surface area (Å²) in [6.45, 7) is 3.21. The molecule has 8 nitrogen and oxygen atoms in total. The van der Waals surface area contributed by atoms with Crippen LogP contribution in [0.2, 0.25) is 0 Å². The molecular formula is C10H15N7O. The number of hydrogen-bond acceptors (Lipinski definition) is 6. The summed E-state index contributed by atoms with van der Waals surface area (Å²) in [7, 11) is 1.67. The Morgan fingerprint density at radius 2 is 2.33 bits per heavy atom. The number of aromatic nitrogens is 6.